The van der Waals surface area contributed by atoms with Gasteiger partial charge in [-0.2, -0.15) is 0 Å². The van der Waals surface area contributed by atoms with Crippen molar-refractivity contribution in [1.82, 2.24) is 13.8 Å². The molecule has 2 heterocycles. The van der Waals surface area contributed by atoms with Crippen LogP contribution in [0.25, 0.3) is 10.9 Å². The minimum atomic E-state index is -3.76. The number of hydrogen-bond donors (Lipinski definition) is 1. The Hall–Kier alpha value is -2.97. The molecule has 1 aliphatic carbocycles. The van der Waals surface area contributed by atoms with Crippen molar-refractivity contribution >= 4 is 20.9 Å². The summed E-state index contributed by atoms with van der Waals surface area (Å²) in [5.41, 5.74) is 4.01. The first-order valence-electron chi connectivity index (χ1n) is 14.4. The third-order valence-electron chi connectivity index (χ3n) is 9.39. The molecule has 0 bridgehead atoms. The highest BCUT2D eigenvalue weighted by Gasteiger charge is 2.41. The van der Waals surface area contributed by atoms with Gasteiger partial charge in [-0.1, -0.05) is 66.7 Å². The summed E-state index contributed by atoms with van der Waals surface area (Å²) < 4.78 is 29.3. The fourth-order valence-corrected chi connectivity index (χ4v) is 8.70. The van der Waals surface area contributed by atoms with Crippen LogP contribution in [0.1, 0.15) is 42.5 Å². The lowest BCUT2D eigenvalue weighted by Gasteiger charge is -2.46. The summed E-state index contributed by atoms with van der Waals surface area (Å²) in [4.78, 5) is 4.89. The highest BCUT2D eigenvalue weighted by Crippen LogP contribution is 2.44. The molecule has 6 rings (SSSR count). The summed E-state index contributed by atoms with van der Waals surface area (Å²) in [6.45, 7) is 1.87. The van der Waals surface area contributed by atoms with Crippen molar-refractivity contribution in [2.45, 2.75) is 55.2 Å². The number of fused-ring (bicyclic) bond motifs is 3. The molecule has 1 N–H and O–H groups in total. The minimum Gasteiger partial charge on any atom is -0.392 e. The van der Waals surface area contributed by atoms with Crippen LogP contribution in [0.3, 0.4) is 0 Å². The number of nitrogens with zero attached hydrogens (tertiary/aromatic N) is 3. The maximum Gasteiger partial charge on any atom is 0.268 e. The normalized spacial score (nSPS) is 22.9. The Labute approximate surface area is 237 Å². The summed E-state index contributed by atoms with van der Waals surface area (Å²) in [7, 11) is 0.568. The summed E-state index contributed by atoms with van der Waals surface area (Å²) in [6, 6.07) is 27.2. The Morgan fingerprint density at radius 2 is 1.55 bits per heavy atom. The third kappa shape index (κ3) is 4.69. The van der Waals surface area contributed by atoms with E-state index in [1.54, 1.807) is 28.2 Å². The van der Waals surface area contributed by atoms with Crippen LogP contribution in [0.2, 0.25) is 0 Å². The molecular formula is C33H39N3O3S. The smallest absolute Gasteiger partial charge is 0.268 e. The largest absolute Gasteiger partial charge is 0.392 e. The van der Waals surface area contributed by atoms with Gasteiger partial charge in [-0.05, 0) is 81.4 Å². The van der Waals surface area contributed by atoms with Crippen molar-refractivity contribution in [3.63, 3.8) is 0 Å². The van der Waals surface area contributed by atoms with Crippen LogP contribution < -0.4 is 0 Å². The Balaban J connectivity index is 1.22. The molecule has 0 amide bonds. The highest BCUT2D eigenvalue weighted by molar-refractivity contribution is 7.90. The fraction of sp³-hybridized carbons (Fsp3) is 0.394. The number of aliphatic hydroxyl groups excluding tert-OH is 1. The first-order chi connectivity index (χ1) is 19.3. The number of aromatic nitrogens is 1. The number of aliphatic hydroxyl groups is 1. The lowest BCUT2D eigenvalue weighted by Crippen LogP contribution is -2.47. The van der Waals surface area contributed by atoms with Crippen LogP contribution in [0, 0.1) is 5.92 Å². The molecule has 3 aromatic carbocycles. The number of rotatable bonds is 7. The molecule has 1 aromatic heterocycles. The van der Waals surface area contributed by atoms with Crippen molar-refractivity contribution < 1.29 is 13.5 Å². The molecular weight excluding hydrogens is 518 g/mol. The molecule has 1 atom stereocenters. The van der Waals surface area contributed by atoms with Gasteiger partial charge in [-0.3, -0.25) is 9.80 Å². The third-order valence-corrected chi connectivity index (χ3v) is 11.2. The van der Waals surface area contributed by atoms with Gasteiger partial charge in [0.25, 0.3) is 10.0 Å². The van der Waals surface area contributed by atoms with Crippen molar-refractivity contribution in [3.05, 3.63) is 102 Å². The zero-order chi connectivity index (χ0) is 27.9. The minimum absolute atomic E-state index is 0.00421. The SMILES string of the molecule is CN(C)C1(c2ccccc2)CCC(C(O)CN2CCc3c(n(S(=O)(=O)c4ccccc4)c4ccccc34)C2)CC1. The van der Waals surface area contributed by atoms with E-state index in [0.717, 1.165) is 60.8 Å². The van der Waals surface area contributed by atoms with E-state index in [1.165, 1.54) is 5.56 Å². The van der Waals surface area contributed by atoms with Gasteiger partial charge >= 0.3 is 0 Å². The molecule has 1 unspecified atom stereocenters. The van der Waals surface area contributed by atoms with E-state index in [1.807, 2.05) is 30.3 Å². The molecule has 6 nitrogen and oxygen atoms in total. The molecule has 2 aliphatic rings. The molecule has 0 radical (unpaired) electrons. The second-order valence-electron chi connectivity index (χ2n) is 11.7. The van der Waals surface area contributed by atoms with Gasteiger partial charge < -0.3 is 5.11 Å². The van der Waals surface area contributed by atoms with Gasteiger partial charge in [-0.15, -0.1) is 0 Å². The van der Waals surface area contributed by atoms with E-state index in [0.29, 0.717) is 18.0 Å². The van der Waals surface area contributed by atoms with E-state index in [4.69, 9.17) is 0 Å². The van der Waals surface area contributed by atoms with E-state index in [2.05, 4.69) is 54.2 Å². The first-order valence-corrected chi connectivity index (χ1v) is 15.8. The predicted molar refractivity (Wildman–Crippen MR) is 160 cm³/mol. The average molecular weight is 558 g/mol. The maximum absolute atomic E-state index is 13.9. The molecule has 210 valence electrons. The van der Waals surface area contributed by atoms with Crippen molar-refractivity contribution in [2.24, 2.45) is 5.92 Å². The van der Waals surface area contributed by atoms with Gasteiger partial charge in [0.1, 0.15) is 0 Å². The van der Waals surface area contributed by atoms with Gasteiger partial charge in [0.05, 0.1) is 22.2 Å². The molecule has 0 saturated heterocycles. The second kappa shape index (κ2) is 10.8. The lowest BCUT2D eigenvalue weighted by molar-refractivity contribution is 0.00501. The molecule has 4 aromatic rings. The van der Waals surface area contributed by atoms with Crippen LogP contribution in [0.5, 0.6) is 0 Å². The molecule has 1 saturated carbocycles. The van der Waals surface area contributed by atoms with Crippen LogP contribution in [0.15, 0.2) is 89.8 Å². The maximum atomic E-state index is 13.9. The quantitative estimate of drug-likeness (QED) is 0.337. The summed E-state index contributed by atoms with van der Waals surface area (Å²) in [6.07, 6.45) is 4.29. The second-order valence-corrected chi connectivity index (χ2v) is 13.5. The Kier molecular flexibility index (Phi) is 7.34. The van der Waals surface area contributed by atoms with E-state index in [-0.39, 0.29) is 11.5 Å². The van der Waals surface area contributed by atoms with E-state index >= 15 is 0 Å². The Morgan fingerprint density at radius 3 is 2.23 bits per heavy atom. The van der Waals surface area contributed by atoms with Crippen LogP contribution in [0.4, 0.5) is 0 Å². The number of para-hydroxylation sites is 1. The standard InChI is InChI=1S/C33H39N3O3S/c1-34(2)33(26-11-5-3-6-12-26)20-17-25(18-21-33)32(37)24-35-22-19-29-28-15-9-10-16-30(28)36(31(29)23-35)40(38,39)27-13-7-4-8-14-27/h3-16,25,32,37H,17-24H2,1-2H3. The Morgan fingerprint density at radius 1 is 0.925 bits per heavy atom. The first kappa shape index (κ1) is 27.2. The van der Waals surface area contributed by atoms with Gasteiger partial charge in [-0.25, -0.2) is 12.4 Å². The number of hydrogen-bond acceptors (Lipinski definition) is 5. The zero-order valence-corrected chi connectivity index (χ0v) is 24.2. The van der Waals surface area contributed by atoms with Gasteiger partial charge in [0.2, 0.25) is 0 Å². The molecule has 0 spiro atoms. The van der Waals surface area contributed by atoms with Gasteiger partial charge in [0.15, 0.2) is 0 Å². The lowest BCUT2D eigenvalue weighted by atomic mass is 9.70. The predicted octanol–water partition coefficient (Wildman–Crippen LogP) is 5.24. The topological polar surface area (TPSA) is 65.8 Å². The molecule has 7 heteroatoms. The summed E-state index contributed by atoms with van der Waals surface area (Å²) in [5, 5.41) is 12.4. The highest BCUT2D eigenvalue weighted by atomic mass is 32.2. The van der Waals surface area contributed by atoms with Crippen LogP contribution in [-0.4, -0.2) is 60.6 Å². The number of β-amino-alcohol motifs (C(OH)–C–C–N with tert-alkyl or cyclic N) is 1. The molecule has 1 fully saturated rings. The average Bonchev–Trinajstić information content (AvgIpc) is 3.32. The summed E-state index contributed by atoms with van der Waals surface area (Å²) >= 11 is 0. The summed E-state index contributed by atoms with van der Waals surface area (Å²) in [5.74, 6) is 0.233. The molecule has 1 aliphatic heterocycles. The monoisotopic (exact) mass is 557 g/mol. The zero-order valence-electron chi connectivity index (χ0n) is 23.4. The van der Waals surface area contributed by atoms with Crippen LogP contribution >= 0.6 is 0 Å². The van der Waals surface area contributed by atoms with E-state index < -0.39 is 16.1 Å². The number of benzene rings is 3. The van der Waals surface area contributed by atoms with Crippen LogP contribution in [-0.2, 0) is 28.5 Å². The van der Waals surface area contributed by atoms with E-state index in [9.17, 15) is 13.5 Å². The van der Waals surface area contributed by atoms with Crippen molar-refractivity contribution in [1.29, 1.82) is 0 Å². The van der Waals surface area contributed by atoms with Crippen molar-refractivity contribution in [2.75, 3.05) is 27.2 Å². The van der Waals surface area contributed by atoms with Gasteiger partial charge in [0, 0.05) is 30.6 Å². The molecule has 40 heavy (non-hydrogen) atoms. The fourth-order valence-electron chi connectivity index (χ4n) is 7.12. The Bertz CT molecular complexity index is 1570. The van der Waals surface area contributed by atoms with Crippen molar-refractivity contribution in [3.8, 4) is 0 Å².